The molecule has 0 bridgehead atoms. The standard InChI is InChI=1S/C14H15FN2O2/c1-10-8-13(17-19-10)6-7-16-14(18)9-11-2-4-12(15)5-3-11/h2-5,8H,6-7,9H2,1H3,(H,16,18). The van der Waals surface area contributed by atoms with Crippen molar-refractivity contribution in [3.05, 3.63) is 53.2 Å². The number of hydrogen-bond donors (Lipinski definition) is 1. The van der Waals surface area contributed by atoms with E-state index < -0.39 is 0 Å². The number of carbonyl (C=O) groups excluding carboxylic acids is 1. The molecule has 0 saturated carbocycles. The maximum absolute atomic E-state index is 12.7. The fourth-order valence-electron chi connectivity index (χ4n) is 1.72. The van der Waals surface area contributed by atoms with Crippen molar-refractivity contribution in [1.29, 1.82) is 0 Å². The topological polar surface area (TPSA) is 55.1 Å². The smallest absolute Gasteiger partial charge is 0.224 e. The first-order valence-corrected chi connectivity index (χ1v) is 6.07. The van der Waals surface area contributed by atoms with Crippen LogP contribution in [0.3, 0.4) is 0 Å². The van der Waals surface area contributed by atoms with Crippen molar-refractivity contribution in [2.45, 2.75) is 19.8 Å². The zero-order valence-corrected chi connectivity index (χ0v) is 10.6. The molecular weight excluding hydrogens is 247 g/mol. The minimum absolute atomic E-state index is 0.0909. The van der Waals surface area contributed by atoms with Crippen LogP contribution in [0.15, 0.2) is 34.9 Å². The van der Waals surface area contributed by atoms with Crippen molar-refractivity contribution in [2.75, 3.05) is 6.54 Å². The van der Waals surface area contributed by atoms with Crippen molar-refractivity contribution < 1.29 is 13.7 Å². The number of rotatable bonds is 5. The predicted molar refractivity (Wildman–Crippen MR) is 68.1 cm³/mol. The summed E-state index contributed by atoms with van der Waals surface area (Å²) in [4.78, 5) is 11.6. The van der Waals surface area contributed by atoms with E-state index in [-0.39, 0.29) is 18.1 Å². The van der Waals surface area contributed by atoms with Crippen molar-refractivity contribution in [1.82, 2.24) is 10.5 Å². The molecule has 1 heterocycles. The van der Waals surface area contributed by atoms with E-state index in [2.05, 4.69) is 10.5 Å². The summed E-state index contributed by atoms with van der Waals surface area (Å²) in [5.41, 5.74) is 1.61. The Morgan fingerprint density at radius 2 is 2.11 bits per heavy atom. The van der Waals surface area contributed by atoms with E-state index in [0.29, 0.717) is 13.0 Å². The molecule has 100 valence electrons. The number of hydrogen-bond acceptors (Lipinski definition) is 3. The Labute approximate surface area is 110 Å². The molecule has 19 heavy (non-hydrogen) atoms. The highest BCUT2D eigenvalue weighted by atomic mass is 19.1. The predicted octanol–water partition coefficient (Wildman–Crippen LogP) is 2.02. The summed E-state index contributed by atoms with van der Waals surface area (Å²) in [7, 11) is 0. The summed E-state index contributed by atoms with van der Waals surface area (Å²) in [5.74, 6) is 0.366. The average Bonchev–Trinajstić information content (AvgIpc) is 2.78. The molecule has 4 nitrogen and oxygen atoms in total. The first-order chi connectivity index (χ1) is 9.13. The third-order valence-corrected chi connectivity index (χ3v) is 2.66. The fourth-order valence-corrected chi connectivity index (χ4v) is 1.72. The van der Waals surface area contributed by atoms with Crippen LogP contribution in [0.1, 0.15) is 17.0 Å². The van der Waals surface area contributed by atoms with Gasteiger partial charge in [0.1, 0.15) is 11.6 Å². The minimum Gasteiger partial charge on any atom is -0.361 e. The van der Waals surface area contributed by atoms with Crippen molar-refractivity contribution >= 4 is 5.91 Å². The quantitative estimate of drug-likeness (QED) is 0.897. The number of aromatic nitrogens is 1. The van der Waals surface area contributed by atoms with Crippen LogP contribution >= 0.6 is 0 Å². The molecule has 0 aliphatic rings. The summed E-state index contributed by atoms with van der Waals surface area (Å²) in [6, 6.07) is 7.75. The molecular formula is C14H15FN2O2. The van der Waals surface area contributed by atoms with E-state index in [1.54, 1.807) is 12.1 Å². The molecule has 0 atom stereocenters. The minimum atomic E-state index is -0.300. The largest absolute Gasteiger partial charge is 0.361 e. The molecule has 1 amide bonds. The average molecular weight is 262 g/mol. The number of nitrogens with one attached hydrogen (secondary N) is 1. The van der Waals surface area contributed by atoms with Gasteiger partial charge in [0, 0.05) is 19.0 Å². The van der Waals surface area contributed by atoms with Crippen LogP contribution < -0.4 is 5.32 Å². The SMILES string of the molecule is Cc1cc(CCNC(=O)Cc2ccc(F)cc2)no1. The lowest BCUT2D eigenvalue weighted by atomic mass is 10.1. The number of halogens is 1. The second kappa shape index (κ2) is 6.13. The van der Waals surface area contributed by atoms with Gasteiger partial charge >= 0.3 is 0 Å². The molecule has 0 saturated heterocycles. The fraction of sp³-hybridized carbons (Fsp3) is 0.286. The normalized spacial score (nSPS) is 10.4. The van der Waals surface area contributed by atoms with Gasteiger partial charge in [-0.1, -0.05) is 17.3 Å². The van der Waals surface area contributed by atoms with E-state index in [9.17, 15) is 9.18 Å². The van der Waals surface area contributed by atoms with Crippen LogP contribution in [-0.4, -0.2) is 17.6 Å². The molecule has 1 aromatic heterocycles. The third kappa shape index (κ3) is 4.21. The monoisotopic (exact) mass is 262 g/mol. The van der Waals surface area contributed by atoms with Crippen LogP contribution in [0, 0.1) is 12.7 Å². The highest BCUT2D eigenvalue weighted by Crippen LogP contribution is 2.04. The van der Waals surface area contributed by atoms with Gasteiger partial charge in [0.15, 0.2) is 0 Å². The molecule has 0 unspecified atom stereocenters. The van der Waals surface area contributed by atoms with Crippen LogP contribution in [-0.2, 0) is 17.6 Å². The van der Waals surface area contributed by atoms with Crippen molar-refractivity contribution in [3.63, 3.8) is 0 Å². The molecule has 1 N–H and O–H groups in total. The molecule has 0 aliphatic heterocycles. The Hall–Kier alpha value is -2.17. The lowest BCUT2D eigenvalue weighted by Crippen LogP contribution is -2.27. The van der Waals surface area contributed by atoms with E-state index in [1.165, 1.54) is 12.1 Å². The van der Waals surface area contributed by atoms with Crippen LogP contribution in [0.5, 0.6) is 0 Å². The Balaban J connectivity index is 1.74. The summed E-state index contributed by atoms with van der Waals surface area (Å²) in [5, 5.41) is 6.63. The maximum atomic E-state index is 12.7. The second-order valence-corrected chi connectivity index (χ2v) is 4.33. The van der Waals surface area contributed by atoms with Crippen LogP contribution in [0.25, 0.3) is 0 Å². The molecule has 0 radical (unpaired) electrons. The van der Waals surface area contributed by atoms with Crippen molar-refractivity contribution in [3.8, 4) is 0 Å². The Bertz CT molecular complexity index is 549. The van der Waals surface area contributed by atoms with Gasteiger partial charge in [-0.25, -0.2) is 4.39 Å². The highest BCUT2D eigenvalue weighted by molar-refractivity contribution is 5.78. The Morgan fingerprint density at radius 1 is 1.37 bits per heavy atom. The van der Waals surface area contributed by atoms with Gasteiger partial charge in [0.05, 0.1) is 12.1 Å². The zero-order valence-electron chi connectivity index (χ0n) is 10.6. The van der Waals surface area contributed by atoms with E-state index in [1.807, 2.05) is 13.0 Å². The molecule has 5 heteroatoms. The van der Waals surface area contributed by atoms with E-state index >= 15 is 0 Å². The van der Waals surface area contributed by atoms with Gasteiger partial charge in [-0.15, -0.1) is 0 Å². The summed E-state index contributed by atoms with van der Waals surface area (Å²) < 4.78 is 17.6. The Morgan fingerprint density at radius 3 is 2.74 bits per heavy atom. The number of aryl methyl sites for hydroxylation is 1. The summed E-state index contributed by atoms with van der Waals surface area (Å²) in [6.07, 6.45) is 0.880. The van der Waals surface area contributed by atoms with Gasteiger partial charge in [-0.2, -0.15) is 0 Å². The van der Waals surface area contributed by atoms with Gasteiger partial charge in [0.2, 0.25) is 5.91 Å². The van der Waals surface area contributed by atoms with Gasteiger partial charge in [-0.05, 0) is 24.6 Å². The molecule has 0 spiro atoms. The lowest BCUT2D eigenvalue weighted by molar-refractivity contribution is -0.120. The summed E-state index contributed by atoms with van der Waals surface area (Å²) in [6.45, 7) is 2.33. The van der Waals surface area contributed by atoms with Crippen LogP contribution in [0.4, 0.5) is 4.39 Å². The lowest BCUT2D eigenvalue weighted by Gasteiger charge is -2.04. The number of nitrogens with zero attached hydrogens (tertiary/aromatic N) is 1. The molecule has 2 rings (SSSR count). The van der Waals surface area contributed by atoms with E-state index in [0.717, 1.165) is 17.0 Å². The molecule has 0 fully saturated rings. The van der Waals surface area contributed by atoms with Crippen LogP contribution in [0.2, 0.25) is 0 Å². The zero-order chi connectivity index (χ0) is 13.7. The van der Waals surface area contributed by atoms with Gasteiger partial charge in [0.25, 0.3) is 0 Å². The maximum Gasteiger partial charge on any atom is 0.224 e. The third-order valence-electron chi connectivity index (χ3n) is 2.66. The number of benzene rings is 1. The first-order valence-electron chi connectivity index (χ1n) is 6.07. The summed E-state index contributed by atoms with van der Waals surface area (Å²) >= 11 is 0. The highest BCUT2D eigenvalue weighted by Gasteiger charge is 2.04. The number of amides is 1. The van der Waals surface area contributed by atoms with Crippen molar-refractivity contribution in [2.24, 2.45) is 0 Å². The molecule has 0 aliphatic carbocycles. The van der Waals surface area contributed by atoms with Gasteiger partial charge in [-0.3, -0.25) is 4.79 Å². The number of carbonyl (C=O) groups is 1. The second-order valence-electron chi connectivity index (χ2n) is 4.33. The molecule has 2 aromatic rings. The van der Waals surface area contributed by atoms with E-state index in [4.69, 9.17) is 4.52 Å². The Kier molecular flexibility index (Phi) is 4.28. The molecule has 1 aromatic carbocycles. The first kappa shape index (κ1) is 13.3. The van der Waals surface area contributed by atoms with Gasteiger partial charge < -0.3 is 9.84 Å².